The van der Waals surface area contributed by atoms with E-state index in [2.05, 4.69) is 10.0 Å². The van der Waals surface area contributed by atoms with Crippen molar-refractivity contribution in [2.75, 3.05) is 24.6 Å². The van der Waals surface area contributed by atoms with Crippen LogP contribution in [0.3, 0.4) is 0 Å². The third-order valence-electron chi connectivity index (χ3n) is 6.03. The highest BCUT2D eigenvalue weighted by molar-refractivity contribution is 7.89. The fourth-order valence-corrected chi connectivity index (χ4v) is 5.57. The molecule has 2 heterocycles. The highest BCUT2D eigenvalue weighted by atomic mass is 32.2. The lowest BCUT2D eigenvalue weighted by Gasteiger charge is -2.27. The van der Waals surface area contributed by atoms with E-state index in [9.17, 15) is 18.0 Å². The Morgan fingerprint density at radius 2 is 1.89 bits per heavy atom. The molecule has 2 atom stereocenters. The zero-order chi connectivity index (χ0) is 25.2. The number of sulfonamides is 1. The second-order valence-electron chi connectivity index (χ2n) is 9.26. The van der Waals surface area contributed by atoms with Crippen molar-refractivity contribution in [3.8, 4) is 11.5 Å². The number of carbonyl (C=O) groups is 2. The first kappa shape index (κ1) is 25.0. The van der Waals surface area contributed by atoms with Crippen LogP contribution in [-0.4, -0.2) is 52.1 Å². The first-order valence-electron chi connectivity index (χ1n) is 11.7. The lowest BCUT2D eigenvalue weighted by molar-refractivity contribution is -0.123. The summed E-state index contributed by atoms with van der Waals surface area (Å²) in [6.07, 6.45) is 0.533. The molecule has 0 radical (unpaired) electrons. The molecule has 0 bridgehead atoms. The van der Waals surface area contributed by atoms with Gasteiger partial charge in [0.1, 0.15) is 18.8 Å². The number of para-hydroxylation sites is 2. The van der Waals surface area contributed by atoms with E-state index < -0.39 is 22.0 Å². The predicted molar refractivity (Wildman–Crippen MR) is 131 cm³/mol. The van der Waals surface area contributed by atoms with Crippen molar-refractivity contribution in [3.63, 3.8) is 0 Å². The van der Waals surface area contributed by atoms with Crippen LogP contribution in [0.25, 0.3) is 0 Å². The van der Waals surface area contributed by atoms with E-state index in [1.165, 1.54) is 13.0 Å². The summed E-state index contributed by atoms with van der Waals surface area (Å²) >= 11 is 0. The molecular formula is C25H31N3O6S. The molecule has 2 aliphatic heterocycles. The maximum atomic E-state index is 13.2. The molecule has 9 nitrogen and oxygen atoms in total. The molecule has 0 spiro atoms. The van der Waals surface area contributed by atoms with E-state index in [-0.39, 0.29) is 36.0 Å². The third-order valence-corrected chi connectivity index (χ3v) is 7.50. The van der Waals surface area contributed by atoms with Crippen LogP contribution in [0.4, 0.5) is 5.69 Å². The smallest absolute Gasteiger partial charge is 0.241 e. The van der Waals surface area contributed by atoms with Crippen LogP contribution < -0.4 is 24.4 Å². The minimum atomic E-state index is -3.96. The van der Waals surface area contributed by atoms with E-state index in [1.807, 2.05) is 32.0 Å². The van der Waals surface area contributed by atoms with Crippen molar-refractivity contribution in [1.82, 2.24) is 10.0 Å². The first-order chi connectivity index (χ1) is 16.6. The molecule has 188 valence electrons. The maximum Gasteiger partial charge on any atom is 0.241 e. The number of hydrogen-bond donors (Lipinski definition) is 2. The van der Waals surface area contributed by atoms with E-state index in [1.54, 1.807) is 23.1 Å². The number of amides is 2. The average Bonchev–Trinajstić information content (AvgIpc) is 3.25. The molecule has 0 unspecified atom stereocenters. The fraction of sp³-hybridized carbons (Fsp3) is 0.440. The van der Waals surface area contributed by atoms with Gasteiger partial charge in [0.15, 0.2) is 11.5 Å². The Morgan fingerprint density at radius 1 is 1.14 bits per heavy atom. The summed E-state index contributed by atoms with van der Waals surface area (Å²) in [6.45, 7) is 6.33. The van der Waals surface area contributed by atoms with Gasteiger partial charge in [-0.05, 0) is 54.7 Å². The SMILES string of the molecule is CC(=O)N1CCc2cc(S(=O)(=O)N[C@@H](CC(C)C)C(=O)NC[C@H]3COc4ccccc4O3)ccc21. The van der Waals surface area contributed by atoms with Gasteiger partial charge >= 0.3 is 0 Å². The molecular weight excluding hydrogens is 470 g/mol. The second-order valence-corrected chi connectivity index (χ2v) is 11.0. The van der Waals surface area contributed by atoms with E-state index in [4.69, 9.17) is 9.47 Å². The summed E-state index contributed by atoms with van der Waals surface area (Å²) in [5.41, 5.74) is 1.52. The highest BCUT2D eigenvalue weighted by Crippen LogP contribution is 2.31. The monoisotopic (exact) mass is 501 g/mol. The lowest BCUT2D eigenvalue weighted by Crippen LogP contribution is -2.50. The number of hydrogen-bond acceptors (Lipinski definition) is 6. The largest absolute Gasteiger partial charge is 0.486 e. The summed E-state index contributed by atoms with van der Waals surface area (Å²) in [6, 6.07) is 11.1. The Labute approximate surface area is 205 Å². The molecule has 0 saturated carbocycles. The summed E-state index contributed by atoms with van der Waals surface area (Å²) < 4.78 is 40.5. The number of ether oxygens (including phenoxy) is 2. The number of benzene rings is 2. The van der Waals surface area contributed by atoms with E-state index >= 15 is 0 Å². The quantitative estimate of drug-likeness (QED) is 0.574. The number of fused-ring (bicyclic) bond motifs is 2. The van der Waals surface area contributed by atoms with Crippen molar-refractivity contribution >= 4 is 27.5 Å². The third kappa shape index (κ3) is 5.76. The van der Waals surface area contributed by atoms with Crippen LogP contribution in [0.15, 0.2) is 47.4 Å². The number of rotatable bonds is 8. The highest BCUT2D eigenvalue weighted by Gasteiger charge is 2.30. The number of nitrogens with one attached hydrogen (secondary N) is 2. The van der Waals surface area contributed by atoms with E-state index in [0.29, 0.717) is 30.9 Å². The Morgan fingerprint density at radius 3 is 2.60 bits per heavy atom. The lowest BCUT2D eigenvalue weighted by atomic mass is 10.0. The van der Waals surface area contributed by atoms with Gasteiger partial charge in [0.05, 0.1) is 11.4 Å². The predicted octanol–water partition coefficient (Wildman–Crippen LogP) is 2.24. The van der Waals surface area contributed by atoms with Crippen molar-refractivity contribution in [2.24, 2.45) is 5.92 Å². The summed E-state index contributed by atoms with van der Waals surface area (Å²) in [5.74, 6) is 0.841. The molecule has 2 amide bonds. The topological polar surface area (TPSA) is 114 Å². The van der Waals surface area contributed by atoms with Gasteiger partial charge in [0.2, 0.25) is 21.8 Å². The average molecular weight is 502 g/mol. The molecule has 4 rings (SSSR count). The van der Waals surface area contributed by atoms with Gasteiger partial charge in [-0.3, -0.25) is 9.59 Å². The van der Waals surface area contributed by atoms with Crippen molar-refractivity contribution < 1.29 is 27.5 Å². The number of carbonyl (C=O) groups excluding carboxylic acids is 2. The van der Waals surface area contributed by atoms with Crippen molar-refractivity contribution in [3.05, 3.63) is 48.0 Å². The zero-order valence-electron chi connectivity index (χ0n) is 20.1. The van der Waals surface area contributed by atoms with Crippen molar-refractivity contribution in [1.29, 1.82) is 0 Å². The first-order valence-corrected chi connectivity index (χ1v) is 13.2. The minimum absolute atomic E-state index is 0.0730. The summed E-state index contributed by atoms with van der Waals surface area (Å²) in [4.78, 5) is 26.5. The van der Waals surface area contributed by atoms with Crippen LogP contribution in [0.5, 0.6) is 11.5 Å². The van der Waals surface area contributed by atoms with Crippen molar-refractivity contribution in [2.45, 2.75) is 50.7 Å². The normalized spacial score (nSPS) is 17.7. The van der Waals surface area contributed by atoms with Gasteiger partial charge in [-0.25, -0.2) is 8.42 Å². The van der Waals surface area contributed by atoms with Crippen LogP contribution >= 0.6 is 0 Å². The minimum Gasteiger partial charge on any atom is -0.486 e. The summed E-state index contributed by atoms with van der Waals surface area (Å²) in [5, 5.41) is 2.81. The standard InChI is InChI=1S/C25H31N3O6S/c1-16(2)12-21(25(30)26-14-19-15-33-23-6-4-5-7-24(23)34-19)27-35(31,32)20-8-9-22-18(13-20)10-11-28(22)17(3)29/h4-9,13,16,19,21,27H,10-12,14-15H2,1-3H3,(H,26,30)/t19-,21-/m0/s1. The Kier molecular flexibility index (Phi) is 7.32. The van der Waals surface area contributed by atoms with Crippen LogP contribution in [0, 0.1) is 5.92 Å². The van der Waals surface area contributed by atoms with Gasteiger partial charge in [0, 0.05) is 19.2 Å². The molecule has 2 N–H and O–H groups in total. The zero-order valence-corrected chi connectivity index (χ0v) is 20.9. The van der Waals surface area contributed by atoms with Gasteiger partial charge in [-0.15, -0.1) is 0 Å². The van der Waals surface area contributed by atoms with Crippen LogP contribution in [-0.2, 0) is 26.0 Å². The summed E-state index contributed by atoms with van der Waals surface area (Å²) in [7, 11) is -3.96. The van der Waals surface area contributed by atoms with Crippen LogP contribution in [0.2, 0.25) is 0 Å². The number of anilines is 1. The van der Waals surface area contributed by atoms with Gasteiger partial charge in [-0.2, -0.15) is 4.72 Å². The molecule has 35 heavy (non-hydrogen) atoms. The van der Waals surface area contributed by atoms with Gasteiger partial charge in [-0.1, -0.05) is 26.0 Å². The molecule has 2 aromatic carbocycles. The maximum absolute atomic E-state index is 13.2. The van der Waals surface area contributed by atoms with Gasteiger partial charge < -0.3 is 19.7 Å². The van der Waals surface area contributed by atoms with E-state index in [0.717, 1.165) is 11.3 Å². The molecule has 10 heteroatoms. The second kappa shape index (κ2) is 10.2. The Balaban J connectivity index is 1.43. The molecule has 0 aromatic heterocycles. The molecule has 0 fully saturated rings. The Hall–Kier alpha value is -3.11. The Bertz CT molecular complexity index is 1210. The molecule has 2 aromatic rings. The molecule has 0 saturated heterocycles. The van der Waals surface area contributed by atoms with Crippen LogP contribution in [0.1, 0.15) is 32.8 Å². The fourth-order valence-electron chi connectivity index (χ4n) is 4.31. The molecule has 2 aliphatic rings. The number of nitrogens with zero attached hydrogens (tertiary/aromatic N) is 1. The van der Waals surface area contributed by atoms with Gasteiger partial charge in [0.25, 0.3) is 0 Å². The molecule has 0 aliphatic carbocycles.